The van der Waals surface area contributed by atoms with Gasteiger partial charge in [-0.15, -0.1) is 11.8 Å². The molecule has 0 aromatic heterocycles. The number of rotatable bonds is 9. The number of hydrogen-bond acceptors (Lipinski definition) is 3. The molecule has 0 aliphatic carbocycles. The Morgan fingerprint density at radius 3 is 2.53 bits per heavy atom. The van der Waals surface area contributed by atoms with Gasteiger partial charge in [-0.25, -0.2) is 8.78 Å². The summed E-state index contributed by atoms with van der Waals surface area (Å²) in [5.41, 5.74) is 0. The van der Waals surface area contributed by atoms with Gasteiger partial charge in [0.2, 0.25) is 5.92 Å². The Morgan fingerprint density at radius 1 is 1.35 bits per heavy atom. The van der Waals surface area contributed by atoms with Crippen LogP contribution < -0.4 is 0 Å². The first-order chi connectivity index (χ1) is 7.87. The van der Waals surface area contributed by atoms with E-state index in [4.69, 9.17) is 4.74 Å². The number of esters is 1. The van der Waals surface area contributed by atoms with E-state index in [-0.39, 0.29) is 17.6 Å². The zero-order chi connectivity index (χ0) is 13.3. The van der Waals surface area contributed by atoms with Gasteiger partial charge in [0.05, 0.1) is 11.9 Å². The van der Waals surface area contributed by atoms with Crippen LogP contribution in [0.3, 0.4) is 0 Å². The molecule has 0 aromatic carbocycles. The van der Waals surface area contributed by atoms with Crippen molar-refractivity contribution < 1.29 is 18.3 Å². The van der Waals surface area contributed by atoms with E-state index in [1.54, 1.807) is 6.92 Å². The molecule has 2 nitrogen and oxygen atoms in total. The molecular weight excluding hydrogens is 246 g/mol. The van der Waals surface area contributed by atoms with Gasteiger partial charge in [0, 0.05) is 6.42 Å². The maximum atomic E-state index is 12.5. The quantitative estimate of drug-likeness (QED) is 0.469. The maximum Gasteiger partial charge on any atom is 0.318 e. The Bertz CT molecular complexity index is 217. The van der Waals surface area contributed by atoms with Crippen molar-refractivity contribution in [2.24, 2.45) is 0 Å². The number of carbonyl (C=O) groups is 1. The van der Waals surface area contributed by atoms with Crippen LogP contribution in [0.1, 0.15) is 46.5 Å². The highest BCUT2D eigenvalue weighted by Crippen LogP contribution is 2.21. The van der Waals surface area contributed by atoms with Crippen molar-refractivity contribution in [2.75, 3.05) is 12.4 Å². The zero-order valence-electron chi connectivity index (χ0n) is 10.8. The van der Waals surface area contributed by atoms with Crippen LogP contribution in [0.25, 0.3) is 0 Å². The maximum absolute atomic E-state index is 12.5. The lowest BCUT2D eigenvalue weighted by atomic mass is 10.1. The van der Waals surface area contributed by atoms with E-state index in [2.05, 4.69) is 0 Å². The van der Waals surface area contributed by atoms with Crippen LogP contribution in [0, 0.1) is 0 Å². The minimum atomic E-state index is -2.55. The van der Waals surface area contributed by atoms with E-state index in [0.29, 0.717) is 13.0 Å². The van der Waals surface area contributed by atoms with Crippen molar-refractivity contribution in [1.82, 2.24) is 0 Å². The summed E-state index contributed by atoms with van der Waals surface area (Å²) in [7, 11) is 0. The van der Waals surface area contributed by atoms with Crippen LogP contribution in [0.5, 0.6) is 0 Å². The van der Waals surface area contributed by atoms with Crippen LogP contribution in [-0.2, 0) is 9.53 Å². The summed E-state index contributed by atoms with van der Waals surface area (Å²) in [6.07, 6.45) is 2.14. The Labute approximate surface area is 106 Å². The second-order valence-electron chi connectivity index (χ2n) is 4.15. The van der Waals surface area contributed by atoms with Crippen LogP contribution in [0.15, 0.2) is 0 Å². The average Bonchev–Trinajstić information content (AvgIpc) is 2.21. The van der Waals surface area contributed by atoms with Crippen molar-refractivity contribution in [3.8, 4) is 0 Å². The van der Waals surface area contributed by atoms with E-state index in [9.17, 15) is 13.6 Å². The molecule has 17 heavy (non-hydrogen) atoms. The Kier molecular flexibility index (Phi) is 8.56. The van der Waals surface area contributed by atoms with Crippen molar-refractivity contribution in [3.63, 3.8) is 0 Å². The molecule has 0 bridgehead atoms. The first-order valence-corrected chi connectivity index (χ1v) is 7.07. The molecule has 0 aliphatic heterocycles. The largest absolute Gasteiger partial charge is 0.465 e. The third kappa shape index (κ3) is 10.5. The number of halogens is 2. The number of hydrogen-bond donors (Lipinski definition) is 0. The van der Waals surface area contributed by atoms with Crippen LogP contribution in [-0.4, -0.2) is 29.5 Å². The molecule has 102 valence electrons. The van der Waals surface area contributed by atoms with Crippen LogP contribution in [0.2, 0.25) is 0 Å². The van der Waals surface area contributed by atoms with Gasteiger partial charge < -0.3 is 4.74 Å². The lowest BCUT2D eigenvalue weighted by Gasteiger charge is -2.11. The standard InChI is InChI=1S/C12H22F2O2S/c1-4-16-11(15)10(2)17-9-7-5-6-8-12(3,13)14/h10H,4-9H2,1-3H3. The topological polar surface area (TPSA) is 26.3 Å². The average molecular weight is 268 g/mol. The fourth-order valence-electron chi connectivity index (χ4n) is 1.30. The van der Waals surface area contributed by atoms with Crippen molar-refractivity contribution >= 4 is 17.7 Å². The summed E-state index contributed by atoms with van der Waals surface area (Å²) in [6, 6.07) is 0. The molecule has 0 spiro atoms. The number of thioether (sulfide) groups is 1. The highest BCUT2D eigenvalue weighted by molar-refractivity contribution is 8.00. The Morgan fingerprint density at radius 2 is 2.00 bits per heavy atom. The van der Waals surface area contributed by atoms with E-state index < -0.39 is 5.92 Å². The fraction of sp³-hybridized carbons (Fsp3) is 0.917. The van der Waals surface area contributed by atoms with Gasteiger partial charge in [-0.1, -0.05) is 6.42 Å². The minimum absolute atomic E-state index is 0.0505. The van der Waals surface area contributed by atoms with E-state index in [0.717, 1.165) is 25.5 Å². The summed E-state index contributed by atoms with van der Waals surface area (Å²) in [4.78, 5) is 11.3. The SMILES string of the molecule is CCOC(=O)C(C)SCCCCCC(C)(F)F. The zero-order valence-corrected chi connectivity index (χ0v) is 11.6. The molecule has 0 saturated carbocycles. The number of unbranched alkanes of at least 4 members (excludes halogenated alkanes) is 2. The molecule has 1 unspecified atom stereocenters. The predicted molar refractivity (Wildman–Crippen MR) is 67.6 cm³/mol. The summed E-state index contributed by atoms with van der Waals surface area (Å²) in [5.74, 6) is -1.93. The molecule has 0 fully saturated rings. The van der Waals surface area contributed by atoms with Gasteiger partial charge in [0.15, 0.2) is 0 Å². The van der Waals surface area contributed by atoms with Gasteiger partial charge in [0.25, 0.3) is 0 Å². The van der Waals surface area contributed by atoms with Crippen molar-refractivity contribution in [2.45, 2.75) is 57.6 Å². The second-order valence-corrected chi connectivity index (χ2v) is 5.59. The van der Waals surface area contributed by atoms with Gasteiger partial charge in [-0.05, 0) is 39.4 Å². The monoisotopic (exact) mass is 268 g/mol. The lowest BCUT2D eigenvalue weighted by molar-refractivity contribution is -0.142. The fourth-order valence-corrected chi connectivity index (χ4v) is 2.23. The highest BCUT2D eigenvalue weighted by atomic mass is 32.2. The van der Waals surface area contributed by atoms with Gasteiger partial charge in [-0.2, -0.15) is 0 Å². The molecule has 0 saturated heterocycles. The first kappa shape index (κ1) is 16.7. The molecule has 5 heteroatoms. The minimum Gasteiger partial charge on any atom is -0.465 e. The molecule has 0 aromatic rings. The molecule has 0 aliphatic rings. The molecule has 0 rings (SSSR count). The Hall–Kier alpha value is -0.320. The summed E-state index contributed by atoms with van der Waals surface area (Å²) in [5, 5.41) is -0.164. The van der Waals surface area contributed by atoms with Gasteiger partial charge in [-0.3, -0.25) is 4.79 Å². The van der Waals surface area contributed by atoms with Crippen LogP contribution in [0.4, 0.5) is 8.78 Å². The number of alkyl halides is 2. The highest BCUT2D eigenvalue weighted by Gasteiger charge is 2.19. The van der Waals surface area contributed by atoms with Gasteiger partial charge >= 0.3 is 5.97 Å². The molecule has 0 amide bonds. The number of carbonyl (C=O) groups excluding carboxylic acids is 1. The summed E-state index contributed by atoms with van der Waals surface area (Å²) >= 11 is 1.52. The first-order valence-electron chi connectivity index (χ1n) is 6.03. The summed E-state index contributed by atoms with van der Waals surface area (Å²) < 4.78 is 29.8. The molecular formula is C12H22F2O2S. The second kappa shape index (κ2) is 8.72. The number of ether oxygens (including phenoxy) is 1. The molecule has 0 radical (unpaired) electrons. The smallest absolute Gasteiger partial charge is 0.318 e. The van der Waals surface area contributed by atoms with E-state index in [1.165, 1.54) is 11.8 Å². The molecule has 0 N–H and O–H groups in total. The molecule has 1 atom stereocenters. The third-order valence-corrected chi connectivity index (χ3v) is 3.46. The van der Waals surface area contributed by atoms with Crippen LogP contribution >= 0.6 is 11.8 Å². The Balaban J connectivity index is 3.42. The van der Waals surface area contributed by atoms with Gasteiger partial charge in [0.1, 0.15) is 0 Å². The van der Waals surface area contributed by atoms with E-state index in [1.807, 2.05) is 6.92 Å². The van der Waals surface area contributed by atoms with Crippen molar-refractivity contribution in [1.29, 1.82) is 0 Å². The summed E-state index contributed by atoms with van der Waals surface area (Å²) in [6.45, 7) is 4.93. The third-order valence-electron chi connectivity index (χ3n) is 2.25. The lowest BCUT2D eigenvalue weighted by Crippen LogP contribution is -2.17. The predicted octanol–water partition coefficient (Wildman–Crippen LogP) is 3.89. The van der Waals surface area contributed by atoms with E-state index >= 15 is 0 Å². The van der Waals surface area contributed by atoms with Crippen molar-refractivity contribution in [3.05, 3.63) is 0 Å². The normalized spacial score (nSPS) is 13.5. The molecule has 0 heterocycles.